The summed E-state index contributed by atoms with van der Waals surface area (Å²) < 4.78 is 33.4. The molecule has 0 saturated heterocycles. The molecule has 0 aromatic heterocycles. The van der Waals surface area contributed by atoms with Gasteiger partial charge in [-0.1, -0.05) is 20.8 Å². The zero-order valence-electron chi connectivity index (χ0n) is 13.1. The third-order valence-corrected chi connectivity index (χ3v) is 4.74. The normalized spacial score (nSPS) is 14.5. The monoisotopic (exact) mass is 363 g/mol. The van der Waals surface area contributed by atoms with Crippen LogP contribution in [0.3, 0.4) is 0 Å². The molecule has 0 saturated carbocycles. The first-order chi connectivity index (χ1) is 9.81. The van der Waals surface area contributed by atoms with Crippen LogP contribution in [-0.2, 0) is 11.2 Å². The number of hydrogen-bond donors (Lipinski definition) is 1. The lowest BCUT2D eigenvalue weighted by Gasteiger charge is -2.34. The predicted molar refractivity (Wildman–Crippen MR) is 85.5 cm³/mol. The molecule has 0 bridgehead atoms. The van der Waals surface area contributed by atoms with Gasteiger partial charge in [-0.25, -0.2) is 8.78 Å². The summed E-state index contributed by atoms with van der Waals surface area (Å²) in [4.78, 5) is 0. The maximum absolute atomic E-state index is 14.2. The second kappa shape index (κ2) is 8.20. The summed E-state index contributed by atoms with van der Waals surface area (Å²) in [5.74, 6) is -0.705. The van der Waals surface area contributed by atoms with E-state index >= 15 is 0 Å². The van der Waals surface area contributed by atoms with E-state index < -0.39 is 11.6 Å². The number of nitrogens with one attached hydrogen (secondary N) is 1. The summed E-state index contributed by atoms with van der Waals surface area (Å²) in [6.45, 7) is 8.23. The minimum Gasteiger partial charge on any atom is -0.383 e. The molecule has 0 heterocycles. The smallest absolute Gasteiger partial charge is 0.143 e. The van der Waals surface area contributed by atoms with E-state index in [1.807, 2.05) is 0 Å². The van der Waals surface area contributed by atoms with E-state index in [4.69, 9.17) is 4.74 Å². The van der Waals surface area contributed by atoms with Crippen molar-refractivity contribution in [2.75, 3.05) is 26.8 Å². The van der Waals surface area contributed by atoms with Gasteiger partial charge in [0.05, 0.1) is 11.1 Å². The minimum atomic E-state index is -0.501. The van der Waals surface area contributed by atoms with Gasteiger partial charge in [-0.3, -0.25) is 0 Å². The fourth-order valence-electron chi connectivity index (χ4n) is 2.15. The molecule has 1 rings (SSSR count). The van der Waals surface area contributed by atoms with Crippen molar-refractivity contribution in [1.82, 2.24) is 5.32 Å². The van der Waals surface area contributed by atoms with Gasteiger partial charge in [0.1, 0.15) is 11.6 Å². The van der Waals surface area contributed by atoms with Crippen LogP contribution in [0.15, 0.2) is 16.6 Å². The molecule has 2 nitrogen and oxygen atoms in total. The maximum Gasteiger partial charge on any atom is 0.143 e. The lowest BCUT2D eigenvalue weighted by molar-refractivity contribution is 0.173. The molecule has 120 valence electrons. The Labute approximate surface area is 134 Å². The van der Waals surface area contributed by atoms with Crippen LogP contribution in [0.4, 0.5) is 8.78 Å². The third kappa shape index (κ3) is 5.01. The molecule has 0 spiro atoms. The van der Waals surface area contributed by atoms with Crippen molar-refractivity contribution >= 4 is 15.9 Å². The highest BCUT2D eigenvalue weighted by molar-refractivity contribution is 9.10. The van der Waals surface area contributed by atoms with Crippen LogP contribution in [-0.4, -0.2) is 26.8 Å². The molecule has 1 aromatic rings. The average molecular weight is 364 g/mol. The molecule has 0 aliphatic heterocycles. The molecule has 0 aliphatic carbocycles. The molecule has 0 aliphatic rings. The minimum absolute atomic E-state index is 0.147. The van der Waals surface area contributed by atoms with E-state index in [9.17, 15) is 8.78 Å². The van der Waals surface area contributed by atoms with E-state index in [0.717, 1.165) is 6.54 Å². The van der Waals surface area contributed by atoms with Crippen molar-refractivity contribution in [2.45, 2.75) is 27.2 Å². The summed E-state index contributed by atoms with van der Waals surface area (Å²) in [5.41, 5.74) is -0.0925. The Morgan fingerprint density at radius 1 is 1.33 bits per heavy atom. The Balaban J connectivity index is 2.90. The Morgan fingerprint density at radius 2 is 2.00 bits per heavy atom. The van der Waals surface area contributed by atoms with Gasteiger partial charge in [0.25, 0.3) is 0 Å². The molecule has 0 amide bonds. The average Bonchev–Trinajstić information content (AvgIpc) is 2.44. The number of ether oxygens (including phenoxy) is 1. The predicted octanol–water partition coefficient (Wildman–Crippen LogP) is 4.17. The van der Waals surface area contributed by atoms with Crippen LogP contribution in [0.25, 0.3) is 0 Å². The van der Waals surface area contributed by atoms with E-state index in [-0.39, 0.29) is 16.9 Å². The summed E-state index contributed by atoms with van der Waals surface area (Å²) in [5, 5.41) is 3.30. The number of methoxy groups -OCH3 is 1. The Hall–Kier alpha value is -0.520. The van der Waals surface area contributed by atoms with Gasteiger partial charge in [-0.2, -0.15) is 0 Å². The van der Waals surface area contributed by atoms with Gasteiger partial charge in [0, 0.05) is 25.8 Å². The number of benzene rings is 1. The lowest BCUT2D eigenvalue weighted by Crippen LogP contribution is -2.39. The second-order valence-corrected chi connectivity index (χ2v) is 6.83. The summed E-state index contributed by atoms with van der Waals surface area (Å²) in [7, 11) is 1.65. The largest absolute Gasteiger partial charge is 0.383 e. The zero-order chi connectivity index (χ0) is 16.0. The van der Waals surface area contributed by atoms with Crippen LogP contribution in [0.1, 0.15) is 26.3 Å². The van der Waals surface area contributed by atoms with Gasteiger partial charge < -0.3 is 10.1 Å². The molecule has 5 heteroatoms. The summed E-state index contributed by atoms with van der Waals surface area (Å²) >= 11 is 3.12. The first-order valence-electron chi connectivity index (χ1n) is 7.14. The first kappa shape index (κ1) is 18.5. The topological polar surface area (TPSA) is 21.3 Å². The summed E-state index contributed by atoms with van der Waals surface area (Å²) in [6.07, 6.45) is 0.349. The third-order valence-electron chi connectivity index (χ3n) is 4.13. The van der Waals surface area contributed by atoms with Crippen LogP contribution >= 0.6 is 15.9 Å². The number of hydrogen-bond acceptors (Lipinski definition) is 2. The number of halogens is 3. The van der Waals surface area contributed by atoms with E-state index in [0.29, 0.717) is 24.0 Å². The zero-order valence-corrected chi connectivity index (χ0v) is 14.7. The maximum atomic E-state index is 14.2. The molecule has 1 atom stereocenters. The molecular weight excluding hydrogens is 340 g/mol. The molecule has 0 fully saturated rings. The van der Waals surface area contributed by atoms with Gasteiger partial charge in [0.15, 0.2) is 0 Å². The fraction of sp³-hybridized carbons (Fsp3) is 0.625. The molecule has 1 unspecified atom stereocenters. The SMILES string of the molecule is COCCNCC(C)(Cc1c(F)ccc(Br)c1F)C(C)C. The van der Waals surface area contributed by atoms with Crippen LogP contribution < -0.4 is 5.32 Å². The quantitative estimate of drug-likeness (QED) is 0.552. The Kier molecular flexibility index (Phi) is 7.24. The Morgan fingerprint density at radius 3 is 2.57 bits per heavy atom. The highest BCUT2D eigenvalue weighted by Crippen LogP contribution is 2.34. The molecule has 1 aromatic carbocycles. The standard InChI is InChI=1S/C16H24BrF2NO/c1-11(2)16(3,10-20-7-8-21-4)9-12-14(18)6-5-13(17)15(12)19/h5-6,11,20H,7-10H2,1-4H3. The molecule has 21 heavy (non-hydrogen) atoms. The van der Waals surface area contributed by atoms with Crippen molar-refractivity contribution in [3.8, 4) is 0 Å². The van der Waals surface area contributed by atoms with E-state index in [1.165, 1.54) is 12.1 Å². The first-order valence-corrected chi connectivity index (χ1v) is 7.93. The van der Waals surface area contributed by atoms with Gasteiger partial charge in [0.2, 0.25) is 0 Å². The molecule has 0 radical (unpaired) electrons. The van der Waals surface area contributed by atoms with Gasteiger partial charge in [-0.15, -0.1) is 0 Å². The number of rotatable bonds is 8. The van der Waals surface area contributed by atoms with Crippen molar-refractivity contribution in [2.24, 2.45) is 11.3 Å². The molecular formula is C16H24BrF2NO. The van der Waals surface area contributed by atoms with Crippen molar-refractivity contribution in [3.05, 3.63) is 33.8 Å². The van der Waals surface area contributed by atoms with Crippen LogP contribution in [0.2, 0.25) is 0 Å². The highest BCUT2D eigenvalue weighted by atomic mass is 79.9. The van der Waals surface area contributed by atoms with Crippen LogP contribution in [0, 0.1) is 23.0 Å². The molecule has 1 N–H and O–H groups in total. The van der Waals surface area contributed by atoms with Gasteiger partial charge >= 0.3 is 0 Å². The second-order valence-electron chi connectivity index (χ2n) is 5.98. The van der Waals surface area contributed by atoms with Crippen molar-refractivity contribution in [1.29, 1.82) is 0 Å². The van der Waals surface area contributed by atoms with Crippen molar-refractivity contribution < 1.29 is 13.5 Å². The fourth-order valence-corrected chi connectivity index (χ4v) is 2.53. The summed E-state index contributed by atoms with van der Waals surface area (Å²) in [6, 6.07) is 2.71. The highest BCUT2D eigenvalue weighted by Gasteiger charge is 2.31. The lowest BCUT2D eigenvalue weighted by atomic mass is 9.74. The van der Waals surface area contributed by atoms with Crippen molar-refractivity contribution in [3.63, 3.8) is 0 Å². The van der Waals surface area contributed by atoms with Gasteiger partial charge in [-0.05, 0) is 45.8 Å². The van der Waals surface area contributed by atoms with Crippen LogP contribution in [0.5, 0.6) is 0 Å². The van der Waals surface area contributed by atoms with E-state index in [2.05, 4.69) is 42.0 Å². The Bertz CT molecular complexity index is 468. The van der Waals surface area contributed by atoms with E-state index in [1.54, 1.807) is 7.11 Å².